The van der Waals surface area contributed by atoms with Crippen LogP contribution in [-0.4, -0.2) is 42.0 Å². The summed E-state index contributed by atoms with van der Waals surface area (Å²) in [7, 11) is 0. The first-order valence-corrected chi connectivity index (χ1v) is 10.4. The lowest BCUT2D eigenvalue weighted by Crippen LogP contribution is -2.48. The van der Waals surface area contributed by atoms with E-state index in [1.807, 2.05) is 41.3 Å². The molecule has 0 bridgehead atoms. The highest BCUT2D eigenvalue weighted by Gasteiger charge is 2.23. The van der Waals surface area contributed by atoms with Crippen molar-refractivity contribution in [1.29, 1.82) is 0 Å². The Balaban J connectivity index is 1.45. The summed E-state index contributed by atoms with van der Waals surface area (Å²) in [5.41, 5.74) is 1.76. The molecule has 0 aliphatic carbocycles. The zero-order valence-corrected chi connectivity index (χ0v) is 17.3. The van der Waals surface area contributed by atoms with E-state index >= 15 is 0 Å². The van der Waals surface area contributed by atoms with Gasteiger partial charge < -0.3 is 9.80 Å². The molecule has 0 unspecified atom stereocenters. The summed E-state index contributed by atoms with van der Waals surface area (Å²) in [4.78, 5) is 21.5. The van der Waals surface area contributed by atoms with Gasteiger partial charge in [-0.05, 0) is 42.5 Å². The molecule has 0 saturated carbocycles. The SMILES string of the molecule is O=C(c1ccc(Br)cc1)N1CCN(c2nc3ccc(Br)cc3s2)CC1. The second kappa shape index (κ2) is 7.05. The van der Waals surface area contributed by atoms with Crippen LogP contribution >= 0.6 is 43.2 Å². The van der Waals surface area contributed by atoms with E-state index in [0.29, 0.717) is 13.1 Å². The monoisotopic (exact) mass is 479 g/mol. The summed E-state index contributed by atoms with van der Waals surface area (Å²) in [5.74, 6) is 0.0976. The van der Waals surface area contributed by atoms with Gasteiger partial charge in [0, 0.05) is 40.7 Å². The van der Waals surface area contributed by atoms with E-state index in [1.165, 1.54) is 4.70 Å². The molecule has 1 saturated heterocycles. The molecule has 0 atom stereocenters. The van der Waals surface area contributed by atoms with Crippen LogP contribution < -0.4 is 4.90 Å². The third kappa shape index (κ3) is 3.59. The second-order valence-electron chi connectivity index (χ2n) is 5.89. The maximum absolute atomic E-state index is 12.6. The van der Waals surface area contributed by atoms with Crippen LogP contribution in [0.1, 0.15) is 10.4 Å². The van der Waals surface area contributed by atoms with Gasteiger partial charge in [-0.1, -0.05) is 43.2 Å². The molecule has 0 N–H and O–H groups in total. The molecule has 1 aliphatic heterocycles. The predicted molar refractivity (Wildman–Crippen MR) is 110 cm³/mol. The Bertz CT molecular complexity index is 918. The number of halogens is 2. The van der Waals surface area contributed by atoms with Crippen molar-refractivity contribution in [3.63, 3.8) is 0 Å². The molecule has 1 fully saturated rings. The number of rotatable bonds is 2. The molecular weight excluding hydrogens is 466 g/mol. The number of amides is 1. The standard InChI is InChI=1S/C18H15Br2N3OS/c19-13-3-1-12(2-4-13)17(24)22-7-9-23(10-8-22)18-21-15-6-5-14(20)11-16(15)25-18/h1-6,11H,7-10H2. The van der Waals surface area contributed by atoms with Crippen molar-refractivity contribution < 1.29 is 4.79 Å². The number of benzene rings is 2. The third-order valence-electron chi connectivity index (χ3n) is 4.27. The fraction of sp³-hybridized carbons (Fsp3) is 0.222. The van der Waals surface area contributed by atoms with Crippen molar-refractivity contribution in [3.8, 4) is 0 Å². The fourth-order valence-electron chi connectivity index (χ4n) is 2.90. The summed E-state index contributed by atoms with van der Waals surface area (Å²) >= 11 is 8.61. The van der Waals surface area contributed by atoms with Crippen molar-refractivity contribution in [2.75, 3.05) is 31.1 Å². The van der Waals surface area contributed by atoms with E-state index < -0.39 is 0 Å². The number of nitrogens with zero attached hydrogens (tertiary/aromatic N) is 3. The highest BCUT2D eigenvalue weighted by molar-refractivity contribution is 9.10. The van der Waals surface area contributed by atoms with E-state index in [0.717, 1.165) is 38.2 Å². The molecular formula is C18H15Br2N3OS. The maximum Gasteiger partial charge on any atom is 0.253 e. The van der Waals surface area contributed by atoms with Crippen molar-refractivity contribution in [2.24, 2.45) is 0 Å². The molecule has 1 amide bonds. The van der Waals surface area contributed by atoms with Gasteiger partial charge in [-0.15, -0.1) is 0 Å². The first-order valence-electron chi connectivity index (χ1n) is 7.96. The number of aromatic nitrogens is 1. The Labute approximate surface area is 166 Å². The maximum atomic E-state index is 12.6. The first kappa shape index (κ1) is 17.0. The van der Waals surface area contributed by atoms with Crippen molar-refractivity contribution >= 4 is 64.5 Å². The normalized spacial score (nSPS) is 15.0. The topological polar surface area (TPSA) is 36.4 Å². The van der Waals surface area contributed by atoms with Crippen molar-refractivity contribution in [2.45, 2.75) is 0 Å². The molecule has 4 rings (SSSR count). The molecule has 1 aromatic heterocycles. The van der Waals surface area contributed by atoms with Crippen LogP contribution in [-0.2, 0) is 0 Å². The molecule has 25 heavy (non-hydrogen) atoms. The number of fused-ring (bicyclic) bond motifs is 1. The van der Waals surface area contributed by atoms with E-state index in [9.17, 15) is 4.79 Å². The largest absolute Gasteiger partial charge is 0.345 e. The Kier molecular flexibility index (Phi) is 4.80. The average Bonchev–Trinajstić information content (AvgIpc) is 3.05. The zero-order valence-electron chi connectivity index (χ0n) is 13.3. The Morgan fingerprint density at radius 1 is 0.960 bits per heavy atom. The minimum atomic E-state index is 0.0976. The second-order valence-corrected chi connectivity index (χ2v) is 8.74. The van der Waals surface area contributed by atoms with E-state index in [4.69, 9.17) is 4.98 Å². The highest BCUT2D eigenvalue weighted by atomic mass is 79.9. The number of hydrogen-bond acceptors (Lipinski definition) is 4. The lowest BCUT2D eigenvalue weighted by Gasteiger charge is -2.34. The quantitative estimate of drug-likeness (QED) is 0.529. The number of carbonyl (C=O) groups excluding carboxylic acids is 1. The Hall–Kier alpha value is -1.44. The van der Waals surface area contributed by atoms with Gasteiger partial charge in [-0.2, -0.15) is 0 Å². The van der Waals surface area contributed by atoms with Crippen LogP contribution in [0.5, 0.6) is 0 Å². The third-order valence-corrected chi connectivity index (χ3v) is 6.37. The van der Waals surface area contributed by atoms with Gasteiger partial charge in [-0.3, -0.25) is 4.79 Å². The van der Waals surface area contributed by atoms with E-state index in [2.05, 4.69) is 42.8 Å². The van der Waals surface area contributed by atoms with E-state index in [1.54, 1.807) is 11.3 Å². The number of hydrogen-bond donors (Lipinski definition) is 0. The van der Waals surface area contributed by atoms with Gasteiger partial charge in [-0.25, -0.2) is 4.98 Å². The Morgan fingerprint density at radius 2 is 1.64 bits per heavy atom. The molecule has 2 aromatic carbocycles. The molecule has 0 spiro atoms. The predicted octanol–water partition coefficient (Wildman–Crippen LogP) is 4.78. The number of piperazine rings is 1. The molecule has 2 heterocycles. The molecule has 1 aliphatic rings. The average molecular weight is 481 g/mol. The minimum Gasteiger partial charge on any atom is -0.345 e. The molecule has 7 heteroatoms. The summed E-state index contributed by atoms with van der Waals surface area (Å²) < 4.78 is 3.23. The van der Waals surface area contributed by atoms with Crippen LogP contribution in [0.25, 0.3) is 10.2 Å². The van der Waals surface area contributed by atoms with Gasteiger partial charge >= 0.3 is 0 Å². The van der Waals surface area contributed by atoms with Crippen LogP contribution in [0, 0.1) is 0 Å². The number of anilines is 1. The van der Waals surface area contributed by atoms with Gasteiger partial charge in [0.05, 0.1) is 10.2 Å². The summed E-state index contributed by atoms with van der Waals surface area (Å²) in [6.07, 6.45) is 0. The van der Waals surface area contributed by atoms with Gasteiger partial charge in [0.15, 0.2) is 5.13 Å². The van der Waals surface area contributed by atoms with Crippen LogP contribution in [0.15, 0.2) is 51.4 Å². The molecule has 128 valence electrons. The summed E-state index contributed by atoms with van der Waals surface area (Å²) in [5, 5.41) is 1.03. The number of thiazole rings is 1. The molecule has 3 aromatic rings. The van der Waals surface area contributed by atoms with Crippen LogP contribution in [0.2, 0.25) is 0 Å². The lowest BCUT2D eigenvalue weighted by atomic mass is 10.2. The van der Waals surface area contributed by atoms with Gasteiger partial charge in [0.2, 0.25) is 0 Å². The lowest BCUT2D eigenvalue weighted by molar-refractivity contribution is 0.0747. The molecule has 0 radical (unpaired) electrons. The highest BCUT2D eigenvalue weighted by Crippen LogP contribution is 2.31. The minimum absolute atomic E-state index is 0.0976. The first-order chi connectivity index (χ1) is 12.1. The van der Waals surface area contributed by atoms with Gasteiger partial charge in [0.25, 0.3) is 5.91 Å². The zero-order chi connectivity index (χ0) is 17.4. The van der Waals surface area contributed by atoms with Crippen molar-refractivity contribution in [3.05, 3.63) is 57.0 Å². The molecule has 4 nitrogen and oxygen atoms in total. The van der Waals surface area contributed by atoms with E-state index in [-0.39, 0.29) is 5.91 Å². The smallest absolute Gasteiger partial charge is 0.253 e. The van der Waals surface area contributed by atoms with Crippen LogP contribution in [0.3, 0.4) is 0 Å². The summed E-state index contributed by atoms with van der Waals surface area (Å²) in [6, 6.07) is 13.7. The van der Waals surface area contributed by atoms with Crippen molar-refractivity contribution in [1.82, 2.24) is 9.88 Å². The number of carbonyl (C=O) groups is 1. The summed E-state index contributed by atoms with van der Waals surface area (Å²) in [6.45, 7) is 3.05. The Morgan fingerprint density at radius 3 is 2.36 bits per heavy atom. The van der Waals surface area contributed by atoms with Crippen LogP contribution in [0.4, 0.5) is 5.13 Å². The fourth-order valence-corrected chi connectivity index (χ4v) is 4.73. The van der Waals surface area contributed by atoms with Gasteiger partial charge in [0.1, 0.15) is 0 Å².